The first kappa shape index (κ1) is 8.31. The van der Waals surface area contributed by atoms with E-state index in [4.69, 9.17) is 4.74 Å². The lowest BCUT2D eigenvalue weighted by molar-refractivity contribution is -0.143. The van der Waals surface area contributed by atoms with Crippen LogP contribution in [-0.2, 0) is 9.53 Å². The van der Waals surface area contributed by atoms with Crippen LogP contribution in [-0.4, -0.2) is 12.6 Å². The highest BCUT2D eigenvalue weighted by Crippen LogP contribution is 2.20. The van der Waals surface area contributed by atoms with E-state index in [1.54, 1.807) is 0 Å². The summed E-state index contributed by atoms with van der Waals surface area (Å²) >= 11 is 0. The first-order valence-corrected chi connectivity index (χ1v) is 4.15. The Bertz CT molecular complexity index is 161. The van der Waals surface area contributed by atoms with Crippen LogP contribution in [0.4, 0.5) is 0 Å². The Hall–Kier alpha value is -0.790. The summed E-state index contributed by atoms with van der Waals surface area (Å²) in [7, 11) is 0. The Morgan fingerprint density at radius 2 is 2.55 bits per heavy atom. The third-order valence-corrected chi connectivity index (χ3v) is 1.85. The summed E-state index contributed by atoms with van der Waals surface area (Å²) in [5.74, 6) is 0.373. The zero-order valence-corrected chi connectivity index (χ0v) is 6.88. The largest absolute Gasteiger partial charge is 0.466 e. The van der Waals surface area contributed by atoms with E-state index in [1.807, 2.05) is 6.92 Å². The maximum Gasteiger partial charge on any atom is 0.306 e. The number of carbonyl (C=O) groups is 1. The van der Waals surface area contributed by atoms with Crippen LogP contribution >= 0.6 is 0 Å². The molecule has 0 aromatic rings. The third kappa shape index (κ3) is 2.74. The van der Waals surface area contributed by atoms with Crippen LogP contribution in [0.2, 0.25) is 0 Å². The molecule has 0 heterocycles. The molecule has 0 fully saturated rings. The molecule has 0 aromatic heterocycles. The first-order valence-electron chi connectivity index (χ1n) is 4.15. The monoisotopic (exact) mass is 154 g/mol. The van der Waals surface area contributed by atoms with Crippen molar-refractivity contribution in [2.24, 2.45) is 5.92 Å². The predicted octanol–water partition coefficient (Wildman–Crippen LogP) is 1.91. The van der Waals surface area contributed by atoms with Gasteiger partial charge in [0.15, 0.2) is 0 Å². The molecule has 1 aliphatic rings. The van der Waals surface area contributed by atoms with Crippen molar-refractivity contribution in [3.63, 3.8) is 0 Å². The Balaban J connectivity index is 2.19. The van der Waals surface area contributed by atoms with Gasteiger partial charge in [-0.25, -0.2) is 0 Å². The SMILES string of the molecule is CCOC(=O)CC1C=CCC1. The summed E-state index contributed by atoms with van der Waals surface area (Å²) in [6.45, 7) is 2.33. The van der Waals surface area contributed by atoms with Gasteiger partial charge in [-0.2, -0.15) is 0 Å². The fraction of sp³-hybridized carbons (Fsp3) is 0.667. The molecule has 1 atom stereocenters. The van der Waals surface area contributed by atoms with Crippen molar-refractivity contribution in [1.29, 1.82) is 0 Å². The fourth-order valence-corrected chi connectivity index (χ4v) is 1.30. The van der Waals surface area contributed by atoms with Gasteiger partial charge in [0, 0.05) is 0 Å². The predicted molar refractivity (Wildman–Crippen MR) is 43.1 cm³/mol. The van der Waals surface area contributed by atoms with Crippen LogP contribution in [0, 0.1) is 5.92 Å². The average Bonchev–Trinajstić information content (AvgIpc) is 2.40. The van der Waals surface area contributed by atoms with Crippen molar-refractivity contribution < 1.29 is 9.53 Å². The number of esters is 1. The maximum absolute atomic E-state index is 10.9. The highest BCUT2D eigenvalue weighted by Gasteiger charge is 2.13. The van der Waals surface area contributed by atoms with E-state index >= 15 is 0 Å². The van der Waals surface area contributed by atoms with Crippen molar-refractivity contribution >= 4 is 5.97 Å². The van der Waals surface area contributed by atoms with Gasteiger partial charge in [-0.1, -0.05) is 12.2 Å². The van der Waals surface area contributed by atoms with Crippen LogP contribution in [0.1, 0.15) is 26.2 Å². The summed E-state index contributed by atoms with van der Waals surface area (Å²) < 4.78 is 4.83. The summed E-state index contributed by atoms with van der Waals surface area (Å²) in [6.07, 6.45) is 7.02. The molecule has 11 heavy (non-hydrogen) atoms. The summed E-state index contributed by atoms with van der Waals surface area (Å²) in [4.78, 5) is 10.9. The maximum atomic E-state index is 10.9. The molecule has 62 valence electrons. The van der Waals surface area contributed by atoms with Gasteiger partial charge in [0.25, 0.3) is 0 Å². The minimum absolute atomic E-state index is 0.0657. The second kappa shape index (κ2) is 4.16. The highest BCUT2D eigenvalue weighted by atomic mass is 16.5. The number of rotatable bonds is 3. The third-order valence-electron chi connectivity index (χ3n) is 1.85. The standard InChI is InChI=1S/C9H14O2/c1-2-11-9(10)7-8-5-3-4-6-8/h3,5,8H,2,4,6-7H2,1H3. The van der Waals surface area contributed by atoms with Crippen LogP contribution in [0.5, 0.6) is 0 Å². The van der Waals surface area contributed by atoms with Gasteiger partial charge in [0.05, 0.1) is 13.0 Å². The molecule has 0 aromatic carbocycles. The second-order valence-corrected chi connectivity index (χ2v) is 2.77. The van der Waals surface area contributed by atoms with E-state index in [2.05, 4.69) is 12.2 Å². The molecule has 0 bridgehead atoms. The van der Waals surface area contributed by atoms with Gasteiger partial charge in [0.2, 0.25) is 0 Å². The number of allylic oxidation sites excluding steroid dienone is 2. The topological polar surface area (TPSA) is 26.3 Å². The Labute approximate surface area is 67.2 Å². The Kier molecular flexibility index (Phi) is 3.14. The van der Waals surface area contributed by atoms with Crippen LogP contribution in [0.3, 0.4) is 0 Å². The van der Waals surface area contributed by atoms with Gasteiger partial charge in [-0.05, 0) is 25.7 Å². The van der Waals surface area contributed by atoms with E-state index in [1.165, 1.54) is 0 Å². The zero-order chi connectivity index (χ0) is 8.10. The van der Waals surface area contributed by atoms with Crippen molar-refractivity contribution in [1.82, 2.24) is 0 Å². The van der Waals surface area contributed by atoms with Crippen molar-refractivity contribution in [3.8, 4) is 0 Å². The molecule has 0 aliphatic heterocycles. The van der Waals surface area contributed by atoms with Crippen molar-refractivity contribution in [2.45, 2.75) is 26.2 Å². The van der Waals surface area contributed by atoms with E-state index in [0.29, 0.717) is 18.9 Å². The van der Waals surface area contributed by atoms with E-state index < -0.39 is 0 Å². The molecule has 1 aliphatic carbocycles. The van der Waals surface area contributed by atoms with Gasteiger partial charge in [-0.15, -0.1) is 0 Å². The van der Waals surface area contributed by atoms with Crippen molar-refractivity contribution in [2.75, 3.05) is 6.61 Å². The van der Waals surface area contributed by atoms with E-state index in [0.717, 1.165) is 12.8 Å². The normalized spacial score (nSPS) is 22.1. The summed E-state index contributed by atoms with van der Waals surface area (Å²) in [5, 5.41) is 0. The number of carbonyl (C=O) groups excluding carboxylic acids is 1. The minimum atomic E-state index is -0.0657. The molecule has 0 saturated carbocycles. The van der Waals surface area contributed by atoms with Crippen LogP contribution < -0.4 is 0 Å². The number of ether oxygens (including phenoxy) is 1. The lowest BCUT2D eigenvalue weighted by atomic mass is 10.1. The molecular weight excluding hydrogens is 140 g/mol. The fourth-order valence-electron chi connectivity index (χ4n) is 1.30. The highest BCUT2D eigenvalue weighted by molar-refractivity contribution is 5.69. The van der Waals surface area contributed by atoms with Gasteiger partial charge >= 0.3 is 5.97 Å². The van der Waals surface area contributed by atoms with E-state index in [-0.39, 0.29) is 5.97 Å². The molecule has 0 amide bonds. The molecule has 1 rings (SSSR count). The summed E-state index contributed by atoms with van der Waals surface area (Å²) in [5.41, 5.74) is 0. The average molecular weight is 154 g/mol. The lowest BCUT2D eigenvalue weighted by Gasteiger charge is -2.05. The van der Waals surface area contributed by atoms with Crippen LogP contribution in [0.15, 0.2) is 12.2 Å². The van der Waals surface area contributed by atoms with Crippen LogP contribution in [0.25, 0.3) is 0 Å². The number of hydrogen-bond donors (Lipinski definition) is 0. The minimum Gasteiger partial charge on any atom is -0.466 e. The number of hydrogen-bond acceptors (Lipinski definition) is 2. The molecule has 2 nitrogen and oxygen atoms in total. The molecule has 1 unspecified atom stereocenters. The first-order chi connectivity index (χ1) is 5.33. The Morgan fingerprint density at radius 3 is 3.09 bits per heavy atom. The molecular formula is C9H14O2. The molecule has 0 saturated heterocycles. The van der Waals surface area contributed by atoms with Gasteiger partial charge < -0.3 is 4.74 Å². The lowest BCUT2D eigenvalue weighted by Crippen LogP contribution is -2.08. The molecule has 0 radical (unpaired) electrons. The molecule has 2 heteroatoms. The quantitative estimate of drug-likeness (QED) is 0.458. The van der Waals surface area contributed by atoms with E-state index in [9.17, 15) is 4.79 Å². The Morgan fingerprint density at radius 1 is 1.73 bits per heavy atom. The summed E-state index contributed by atoms with van der Waals surface area (Å²) in [6, 6.07) is 0. The molecule has 0 spiro atoms. The zero-order valence-electron chi connectivity index (χ0n) is 6.88. The van der Waals surface area contributed by atoms with Gasteiger partial charge in [0.1, 0.15) is 0 Å². The van der Waals surface area contributed by atoms with Gasteiger partial charge in [-0.3, -0.25) is 4.79 Å². The molecule has 0 N–H and O–H groups in total. The van der Waals surface area contributed by atoms with Crippen molar-refractivity contribution in [3.05, 3.63) is 12.2 Å². The second-order valence-electron chi connectivity index (χ2n) is 2.77. The smallest absolute Gasteiger partial charge is 0.306 e.